The summed E-state index contributed by atoms with van der Waals surface area (Å²) < 4.78 is 5.53. The van der Waals surface area contributed by atoms with E-state index in [2.05, 4.69) is 34.0 Å². The molecule has 3 aromatic rings. The highest BCUT2D eigenvalue weighted by Gasteiger charge is 2.14. The Morgan fingerprint density at radius 3 is 2.06 bits per heavy atom. The molecule has 0 aliphatic heterocycles. The molecule has 0 atom stereocenters. The van der Waals surface area contributed by atoms with E-state index in [1.165, 1.54) is 17.2 Å². The van der Waals surface area contributed by atoms with Gasteiger partial charge < -0.3 is 14.5 Å². The van der Waals surface area contributed by atoms with E-state index in [0.717, 1.165) is 5.69 Å². The van der Waals surface area contributed by atoms with Crippen LogP contribution >= 0.6 is 0 Å². The van der Waals surface area contributed by atoms with Crippen molar-refractivity contribution in [1.29, 1.82) is 5.26 Å². The number of methoxy groups -OCH3 is 1. The number of benzene rings is 3. The Balaban J connectivity index is 1.97. The Morgan fingerprint density at radius 2 is 1.58 bits per heavy atom. The summed E-state index contributed by atoms with van der Waals surface area (Å²) in [5.74, 6) is 4.53. The molecule has 0 saturated heterocycles. The molecule has 2 N–H and O–H groups in total. The lowest BCUT2D eigenvalue weighted by Gasteiger charge is -2.26. The molecule has 3 rings (SSSR count). The van der Waals surface area contributed by atoms with Gasteiger partial charge in [-0.2, -0.15) is 11.2 Å². The Labute approximate surface area is 181 Å². The van der Waals surface area contributed by atoms with Gasteiger partial charge in [0.15, 0.2) is 0 Å². The Morgan fingerprint density at radius 1 is 1.00 bits per heavy atom. The number of nitrogens with two attached hydrogens (primary N) is 1. The summed E-state index contributed by atoms with van der Waals surface area (Å²) >= 11 is 0. The van der Waals surface area contributed by atoms with E-state index in [-0.39, 0.29) is 5.57 Å². The first-order valence-electron chi connectivity index (χ1n) is 9.68. The maximum atomic E-state index is 11.6. The lowest BCUT2D eigenvalue weighted by Crippen LogP contribution is -2.22. The first-order chi connectivity index (χ1) is 15.1. The SMILES string of the molecule is COc1cc(N(Cc2ccccc2)Cc2ccccc2)ccc1/C=C(\C#N)C(=O)ON. The summed E-state index contributed by atoms with van der Waals surface area (Å²) in [5.41, 5.74) is 3.67. The molecule has 0 amide bonds. The smallest absolute Gasteiger partial charge is 0.367 e. The standard InChI is InChI=1S/C25H23N3O3/c1-30-24-15-23(13-12-21(24)14-22(16-26)25(29)31-27)28(17-19-8-4-2-5-9-19)18-20-10-6-3-7-11-20/h2-15H,17-18,27H2,1H3/b22-14+. The lowest BCUT2D eigenvalue weighted by molar-refractivity contribution is -0.138. The van der Waals surface area contributed by atoms with Crippen LogP contribution in [0.3, 0.4) is 0 Å². The summed E-state index contributed by atoms with van der Waals surface area (Å²) in [7, 11) is 1.54. The van der Waals surface area contributed by atoms with Crippen molar-refractivity contribution in [1.82, 2.24) is 0 Å². The number of hydrogen-bond donors (Lipinski definition) is 1. The number of carbonyl (C=O) groups excluding carboxylic acids is 1. The van der Waals surface area contributed by atoms with Crippen LogP contribution in [0.4, 0.5) is 5.69 Å². The average molecular weight is 413 g/mol. The zero-order chi connectivity index (χ0) is 22.1. The van der Waals surface area contributed by atoms with Gasteiger partial charge in [0.1, 0.15) is 17.4 Å². The fourth-order valence-corrected chi connectivity index (χ4v) is 3.22. The highest BCUT2D eigenvalue weighted by atomic mass is 16.7. The minimum Gasteiger partial charge on any atom is -0.496 e. The average Bonchev–Trinajstić information content (AvgIpc) is 2.83. The highest BCUT2D eigenvalue weighted by molar-refractivity contribution is 5.98. The largest absolute Gasteiger partial charge is 0.496 e. The van der Waals surface area contributed by atoms with Gasteiger partial charge in [-0.15, -0.1) is 0 Å². The number of nitrogens with zero attached hydrogens (tertiary/aromatic N) is 2. The maximum absolute atomic E-state index is 11.6. The fourth-order valence-electron chi connectivity index (χ4n) is 3.22. The predicted octanol–water partition coefficient (Wildman–Crippen LogP) is 4.23. The summed E-state index contributed by atoms with van der Waals surface area (Å²) in [6.45, 7) is 1.41. The van der Waals surface area contributed by atoms with Crippen LogP contribution in [0.25, 0.3) is 6.08 Å². The van der Waals surface area contributed by atoms with Gasteiger partial charge in [0.05, 0.1) is 7.11 Å². The number of anilines is 1. The molecule has 0 aromatic heterocycles. The molecule has 6 nitrogen and oxygen atoms in total. The van der Waals surface area contributed by atoms with Crippen molar-refractivity contribution in [3.8, 4) is 11.8 Å². The van der Waals surface area contributed by atoms with Gasteiger partial charge in [0.25, 0.3) is 0 Å². The van der Waals surface area contributed by atoms with E-state index >= 15 is 0 Å². The van der Waals surface area contributed by atoms with Crippen molar-refractivity contribution in [2.45, 2.75) is 13.1 Å². The van der Waals surface area contributed by atoms with Crippen molar-refractivity contribution in [3.05, 3.63) is 101 Å². The summed E-state index contributed by atoms with van der Waals surface area (Å²) in [4.78, 5) is 18.0. The van der Waals surface area contributed by atoms with Gasteiger partial charge in [-0.1, -0.05) is 60.7 Å². The predicted molar refractivity (Wildman–Crippen MR) is 120 cm³/mol. The molecule has 6 heteroatoms. The van der Waals surface area contributed by atoms with Crippen LogP contribution in [-0.4, -0.2) is 13.1 Å². The number of ether oxygens (including phenoxy) is 1. The van der Waals surface area contributed by atoms with Gasteiger partial charge in [-0.25, -0.2) is 4.79 Å². The van der Waals surface area contributed by atoms with Crippen LogP contribution in [0.2, 0.25) is 0 Å². The molecule has 0 unspecified atom stereocenters. The molecule has 0 fully saturated rings. The van der Waals surface area contributed by atoms with Crippen LogP contribution in [0.1, 0.15) is 16.7 Å². The summed E-state index contributed by atoms with van der Waals surface area (Å²) in [6.07, 6.45) is 1.40. The Bertz CT molecular complexity index is 1050. The normalized spacial score (nSPS) is 10.8. The zero-order valence-electron chi connectivity index (χ0n) is 17.2. The molecule has 0 radical (unpaired) electrons. The topological polar surface area (TPSA) is 88.6 Å². The van der Waals surface area contributed by atoms with Crippen LogP contribution in [-0.2, 0) is 22.7 Å². The third kappa shape index (κ3) is 5.72. The van der Waals surface area contributed by atoms with E-state index in [1.807, 2.05) is 48.5 Å². The van der Waals surface area contributed by atoms with Crippen LogP contribution in [0.5, 0.6) is 5.75 Å². The second kappa shape index (κ2) is 10.6. The lowest BCUT2D eigenvalue weighted by atomic mass is 10.1. The molecular weight excluding hydrogens is 390 g/mol. The number of hydrogen-bond acceptors (Lipinski definition) is 6. The van der Waals surface area contributed by atoms with Crippen molar-refractivity contribution in [3.63, 3.8) is 0 Å². The number of rotatable bonds is 8. The minimum atomic E-state index is -0.900. The van der Waals surface area contributed by atoms with Crippen LogP contribution in [0, 0.1) is 11.3 Å². The maximum Gasteiger partial charge on any atom is 0.367 e. The van der Waals surface area contributed by atoms with E-state index in [0.29, 0.717) is 24.4 Å². The highest BCUT2D eigenvalue weighted by Crippen LogP contribution is 2.29. The molecule has 0 bridgehead atoms. The quantitative estimate of drug-likeness (QED) is 0.338. The Hall–Kier alpha value is -4.08. The summed E-state index contributed by atoms with van der Waals surface area (Å²) in [6, 6.07) is 27.8. The molecule has 0 heterocycles. The molecular formula is C25H23N3O3. The Kier molecular flexibility index (Phi) is 7.41. The van der Waals surface area contributed by atoms with E-state index in [9.17, 15) is 10.1 Å². The zero-order valence-corrected chi connectivity index (χ0v) is 17.2. The van der Waals surface area contributed by atoms with Crippen LogP contribution in [0.15, 0.2) is 84.4 Å². The van der Waals surface area contributed by atoms with Crippen molar-refractivity contribution >= 4 is 17.7 Å². The summed E-state index contributed by atoms with van der Waals surface area (Å²) in [5, 5.41) is 9.20. The third-order valence-electron chi connectivity index (χ3n) is 4.76. The van der Waals surface area contributed by atoms with E-state index in [1.54, 1.807) is 19.2 Å². The van der Waals surface area contributed by atoms with Crippen molar-refractivity contribution in [2.75, 3.05) is 12.0 Å². The molecule has 156 valence electrons. The van der Waals surface area contributed by atoms with Gasteiger partial charge in [0.2, 0.25) is 0 Å². The van der Waals surface area contributed by atoms with Crippen molar-refractivity contribution in [2.24, 2.45) is 5.90 Å². The first-order valence-corrected chi connectivity index (χ1v) is 9.68. The first kappa shape index (κ1) is 21.6. The van der Waals surface area contributed by atoms with Crippen LogP contribution < -0.4 is 15.5 Å². The molecule has 0 aliphatic rings. The molecule has 0 saturated carbocycles. The second-order valence-corrected chi connectivity index (χ2v) is 6.83. The fraction of sp³-hybridized carbons (Fsp3) is 0.120. The van der Waals surface area contributed by atoms with E-state index in [4.69, 9.17) is 10.6 Å². The minimum absolute atomic E-state index is 0.209. The monoisotopic (exact) mass is 413 g/mol. The second-order valence-electron chi connectivity index (χ2n) is 6.83. The molecule has 0 aliphatic carbocycles. The third-order valence-corrected chi connectivity index (χ3v) is 4.76. The molecule has 0 spiro atoms. The van der Waals surface area contributed by atoms with Gasteiger partial charge in [-0.3, -0.25) is 0 Å². The van der Waals surface area contributed by atoms with Crippen molar-refractivity contribution < 1.29 is 14.4 Å². The van der Waals surface area contributed by atoms with Gasteiger partial charge in [-0.05, 0) is 29.3 Å². The molecule has 3 aromatic carbocycles. The number of carbonyl (C=O) groups is 1. The van der Waals surface area contributed by atoms with Gasteiger partial charge >= 0.3 is 5.97 Å². The molecule has 31 heavy (non-hydrogen) atoms. The van der Waals surface area contributed by atoms with Gasteiger partial charge in [0, 0.05) is 30.4 Å². The number of nitriles is 1. The van der Waals surface area contributed by atoms with E-state index < -0.39 is 5.97 Å².